The summed E-state index contributed by atoms with van der Waals surface area (Å²) in [5.41, 5.74) is 4.24. The topological polar surface area (TPSA) is 58.4 Å². The van der Waals surface area contributed by atoms with Gasteiger partial charge in [-0.15, -0.1) is 0 Å². The molecule has 0 spiro atoms. The first-order chi connectivity index (χ1) is 7.20. The third-order valence-electron chi connectivity index (χ3n) is 2.97. The van der Waals surface area contributed by atoms with Gasteiger partial charge in [0.25, 0.3) is 0 Å². The Bertz CT molecular complexity index is 185. The molecule has 0 aromatic carbocycles. The second kappa shape index (κ2) is 7.04. The number of carbonyl (C=O) groups excluding carboxylic acids is 1. The van der Waals surface area contributed by atoms with E-state index in [9.17, 15) is 0 Å². The number of rotatable bonds is 1. The summed E-state index contributed by atoms with van der Waals surface area (Å²) in [5.74, 6) is 0. The Labute approximate surface area is 96.1 Å². The van der Waals surface area contributed by atoms with Crippen LogP contribution < -0.4 is 11.1 Å². The summed E-state index contributed by atoms with van der Waals surface area (Å²) in [6, 6.07) is 0.916. The third-order valence-corrected chi connectivity index (χ3v) is 2.97. The number of primary amides is 1. The predicted octanol–water partition coefficient (Wildman–Crippen LogP) is 1.14. The lowest BCUT2D eigenvalue weighted by molar-refractivity contribution is 0.199. The van der Waals surface area contributed by atoms with E-state index < -0.39 is 5.37 Å². The molecule has 2 aliphatic heterocycles. The number of nitrogens with one attached hydrogen (secondary N) is 1. The number of carbonyl (C=O) groups is 1. The molecule has 15 heavy (non-hydrogen) atoms. The maximum absolute atomic E-state index is 8.99. The summed E-state index contributed by atoms with van der Waals surface area (Å²) in [6.07, 6.45) is 5.62. The molecule has 1 amide bonds. The monoisotopic (exact) mass is 233 g/mol. The van der Waals surface area contributed by atoms with Crippen molar-refractivity contribution < 1.29 is 4.79 Å². The summed E-state index contributed by atoms with van der Waals surface area (Å²) in [4.78, 5) is 11.7. The summed E-state index contributed by atoms with van der Waals surface area (Å²) in [5, 5.41) is 2.55. The van der Waals surface area contributed by atoms with Crippen LogP contribution in [0.4, 0.5) is 4.79 Å². The van der Waals surface area contributed by atoms with Crippen LogP contribution in [0.2, 0.25) is 0 Å². The molecule has 0 aliphatic carbocycles. The molecule has 0 aromatic heterocycles. The van der Waals surface area contributed by atoms with Gasteiger partial charge in [0.15, 0.2) is 0 Å². The minimum atomic E-state index is -0.861. The predicted molar refractivity (Wildman–Crippen MR) is 62.1 cm³/mol. The van der Waals surface area contributed by atoms with E-state index in [2.05, 4.69) is 27.6 Å². The average molecular weight is 234 g/mol. The van der Waals surface area contributed by atoms with Gasteiger partial charge in [-0.2, -0.15) is 0 Å². The minimum Gasteiger partial charge on any atom is -0.356 e. The highest BCUT2D eigenvalue weighted by Gasteiger charge is 2.22. The second-order valence-electron chi connectivity index (χ2n) is 4.03. The molecule has 5 heteroatoms. The third kappa shape index (κ3) is 5.35. The highest BCUT2D eigenvalue weighted by atomic mass is 35.5. The van der Waals surface area contributed by atoms with Gasteiger partial charge in [0.05, 0.1) is 0 Å². The molecule has 2 saturated heterocycles. The maximum Gasteiger partial charge on any atom is 0.311 e. The van der Waals surface area contributed by atoms with Crippen LogP contribution in [0.15, 0.2) is 0 Å². The summed E-state index contributed by atoms with van der Waals surface area (Å²) >= 11 is 4.41. The molecule has 0 saturated carbocycles. The largest absolute Gasteiger partial charge is 0.356 e. The SMILES string of the molecule is C1CCN(C2CCNCC2)C1.NC(=O)Cl. The number of hydrogen-bond acceptors (Lipinski definition) is 3. The van der Waals surface area contributed by atoms with E-state index in [0.29, 0.717) is 0 Å². The fraction of sp³-hybridized carbons (Fsp3) is 0.900. The first kappa shape index (κ1) is 12.7. The number of amides is 1. The Balaban J connectivity index is 0.000000245. The van der Waals surface area contributed by atoms with Gasteiger partial charge in [-0.1, -0.05) is 0 Å². The summed E-state index contributed by atoms with van der Waals surface area (Å²) < 4.78 is 0. The maximum atomic E-state index is 8.99. The first-order valence-corrected chi connectivity index (χ1v) is 5.97. The normalized spacial score (nSPS) is 23.3. The van der Waals surface area contributed by atoms with Gasteiger partial charge in [-0.3, -0.25) is 4.79 Å². The minimum absolute atomic E-state index is 0.861. The Morgan fingerprint density at radius 3 is 2.20 bits per heavy atom. The van der Waals surface area contributed by atoms with Gasteiger partial charge in [-0.05, 0) is 63.5 Å². The molecule has 2 heterocycles. The molecule has 3 N–H and O–H groups in total. The van der Waals surface area contributed by atoms with Crippen LogP contribution in [-0.2, 0) is 0 Å². The smallest absolute Gasteiger partial charge is 0.311 e. The molecule has 0 atom stereocenters. The lowest BCUT2D eigenvalue weighted by atomic mass is 10.1. The van der Waals surface area contributed by atoms with E-state index in [1.54, 1.807) is 0 Å². The number of nitrogens with two attached hydrogens (primary N) is 1. The standard InChI is InChI=1S/C9H18N2.CH2ClNO/c1-2-8-11(7-1)9-3-5-10-6-4-9;2-1(3)4/h9-10H,1-8H2;(H2,3,4). The lowest BCUT2D eigenvalue weighted by Gasteiger charge is -2.31. The van der Waals surface area contributed by atoms with Gasteiger partial charge in [0, 0.05) is 6.04 Å². The van der Waals surface area contributed by atoms with Crippen molar-refractivity contribution in [3.05, 3.63) is 0 Å². The van der Waals surface area contributed by atoms with Crippen molar-refractivity contribution in [1.82, 2.24) is 10.2 Å². The summed E-state index contributed by atoms with van der Waals surface area (Å²) in [6.45, 7) is 5.21. The van der Waals surface area contributed by atoms with Gasteiger partial charge in [0.1, 0.15) is 0 Å². The number of piperidine rings is 1. The molecule has 0 aromatic rings. The van der Waals surface area contributed by atoms with E-state index in [0.717, 1.165) is 6.04 Å². The van der Waals surface area contributed by atoms with Gasteiger partial charge in [-0.25, -0.2) is 0 Å². The molecule has 0 unspecified atom stereocenters. The van der Waals surface area contributed by atoms with Crippen LogP contribution in [0, 0.1) is 0 Å². The van der Waals surface area contributed by atoms with Crippen molar-refractivity contribution in [2.45, 2.75) is 31.7 Å². The fourth-order valence-electron chi connectivity index (χ4n) is 2.28. The van der Waals surface area contributed by atoms with Crippen molar-refractivity contribution in [2.75, 3.05) is 26.2 Å². The Morgan fingerprint density at radius 1 is 1.27 bits per heavy atom. The van der Waals surface area contributed by atoms with Crippen molar-refractivity contribution >= 4 is 17.0 Å². The molecule has 0 bridgehead atoms. The zero-order valence-electron chi connectivity index (χ0n) is 9.04. The summed E-state index contributed by atoms with van der Waals surface area (Å²) in [7, 11) is 0. The van der Waals surface area contributed by atoms with E-state index in [-0.39, 0.29) is 0 Å². The number of hydrogen-bond donors (Lipinski definition) is 2. The van der Waals surface area contributed by atoms with Crippen molar-refractivity contribution in [2.24, 2.45) is 5.73 Å². The molecule has 4 nitrogen and oxygen atoms in total. The van der Waals surface area contributed by atoms with Crippen molar-refractivity contribution in [3.63, 3.8) is 0 Å². The van der Waals surface area contributed by atoms with Crippen LogP contribution in [0.25, 0.3) is 0 Å². The molecular formula is C10H20ClN3O. The van der Waals surface area contributed by atoms with E-state index in [1.165, 1.54) is 51.9 Å². The molecular weight excluding hydrogens is 214 g/mol. The lowest BCUT2D eigenvalue weighted by Crippen LogP contribution is -2.41. The number of nitrogens with zero attached hydrogens (tertiary/aromatic N) is 1. The van der Waals surface area contributed by atoms with Gasteiger partial charge >= 0.3 is 5.37 Å². The van der Waals surface area contributed by atoms with Gasteiger partial charge < -0.3 is 16.0 Å². The van der Waals surface area contributed by atoms with Crippen molar-refractivity contribution in [3.8, 4) is 0 Å². The number of halogens is 1. The van der Waals surface area contributed by atoms with Crippen LogP contribution in [0.3, 0.4) is 0 Å². The van der Waals surface area contributed by atoms with E-state index in [4.69, 9.17) is 4.79 Å². The van der Waals surface area contributed by atoms with Gasteiger partial charge in [0.2, 0.25) is 0 Å². The molecule has 88 valence electrons. The zero-order valence-corrected chi connectivity index (χ0v) is 9.80. The second-order valence-corrected chi connectivity index (χ2v) is 4.40. The average Bonchev–Trinajstić information content (AvgIpc) is 2.71. The van der Waals surface area contributed by atoms with E-state index in [1.807, 2.05) is 0 Å². The molecule has 2 fully saturated rings. The molecule has 2 rings (SSSR count). The zero-order chi connectivity index (χ0) is 11.1. The van der Waals surface area contributed by atoms with Crippen LogP contribution >= 0.6 is 11.6 Å². The van der Waals surface area contributed by atoms with Crippen LogP contribution in [0.1, 0.15) is 25.7 Å². The highest BCUT2D eigenvalue weighted by Crippen LogP contribution is 2.17. The Kier molecular flexibility index (Phi) is 5.98. The molecule has 0 radical (unpaired) electrons. The molecule has 2 aliphatic rings. The fourth-order valence-corrected chi connectivity index (χ4v) is 2.28. The van der Waals surface area contributed by atoms with Crippen LogP contribution in [0.5, 0.6) is 0 Å². The highest BCUT2D eigenvalue weighted by molar-refractivity contribution is 6.62. The van der Waals surface area contributed by atoms with E-state index >= 15 is 0 Å². The van der Waals surface area contributed by atoms with Crippen LogP contribution in [-0.4, -0.2) is 42.5 Å². The van der Waals surface area contributed by atoms with Crippen molar-refractivity contribution in [1.29, 1.82) is 0 Å². The number of likely N-dealkylation sites (tertiary alicyclic amines) is 1. The quantitative estimate of drug-likeness (QED) is 0.528. The first-order valence-electron chi connectivity index (χ1n) is 5.60. The Hall–Kier alpha value is -0.320. The Morgan fingerprint density at radius 2 is 1.73 bits per heavy atom.